The molecule has 0 spiro atoms. The molecule has 0 aliphatic carbocycles. The van der Waals surface area contributed by atoms with Crippen LogP contribution in [0, 0.1) is 5.92 Å². The highest BCUT2D eigenvalue weighted by atomic mass is 32.2. The first-order chi connectivity index (χ1) is 15.5. The number of amidine groups is 2. The van der Waals surface area contributed by atoms with Crippen molar-refractivity contribution in [2.75, 3.05) is 6.54 Å². The highest BCUT2D eigenvalue weighted by Crippen LogP contribution is 2.36. The minimum absolute atomic E-state index is 0.0412. The number of hydrogen-bond acceptors (Lipinski definition) is 5. The number of hydrogen-bond donors (Lipinski definition) is 1. The second-order valence-corrected chi connectivity index (χ2v) is 9.44. The lowest BCUT2D eigenvalue weighted by Gasteiger charge is -2.27. The number of nitrogens with zero attached hydrogens (tertiary/aromatic N) is 3. The van der Waals surface area contributed by atoms with Crippen molar-refractivity contribution in [3.63, 3.8) is 0 Å². The third kappa shape index (κ3) is 4.48. The van der Waals surface area contributed by atoms with Crippen molar-refractivity contribution in [3.8, 4) is 0 Å². The summed E-state index contributed by atoms with van der Waals surface area (Å²) in [6.07, 6.45) is 1.41. The Morgan fingerprint density at radius 1 is 1.12 bits per heavy atom. The molecule has 2 amide bonds. The van der Waals surface area contributed by atoms with Gasteiger partial charge in [-0.2, -0.15) is 0 Å². The molecule has 6 nitrogen and oxygen atoms in total. The fourth-order valence-electron chi connectivity index (χ4n) is 3.82. The average molecular weight is 449 g/mol. The molecular weight excluding hydrogens is 420 g/mol. The van der Waals surface area contributed by atoms with Crippen molar-refractivity contribution < 1.29 is 9.59 Å². The van der Waals surface area contributed by atoms with Gasteiger partial charge in [0.1, 0.15) is 11.9 Å². The van der Waals surface area contributed by atoms with Gasteiger partial charge in [-0.1, -0.05) is 75.0 Å². The topological polar surface area (TPSA) is 74.1 Å². The lowest BCUT2D eigenvalue weighted by molar-refractivity contribution is -0.125. The number of rotatable bonds is 7. The van der Waals surface area contributed by atoms with Crippen LogP contribution in [0.3, 0.4) is 0 Å². The zero-order valence-electron chi connectivity index (χ0n) is 18.6. The van der Waals surface area contributed by atoms with E-state index in [2.05, 4.69) is 17.4 Å². The van der Waals surface area contributed by atoms with Gasteiger partial charge < -0.3 is 5.32 Å². The Kier molecular flexibility index (Phi) is 6.74. The van der Waals surface area contributed by atoms with Gasteiger partial charge in [0, 0.05) is 12.1 Å². The highest BCUT2D eigenvalue weighted by Gasteiger charge is 2.43. The van der Waals surface area contributed by atoms with Crippen molar-refractivity contribution in [3.05, 3.63) is 65.7 Å². The van der Waals surface area contributed by atoms with Crippen LogP contribution in [0.25, 0.3) is 0 Å². The van der Waals surface area contributed by atoms with Crippen LogP contribution in [0.15, 0.2) is 64.6 Å². The summed E-state index contributed by atoms with van der Waals surface area (Å²) >= 11 is 1.34. The number of amides is 2. The molecule has 0 radical (unpaired) electrons. The molecule has 2 aromatic rings. The first-order valence-corrected chi connectivity index (χ1v) is 12.0. The van der Waals surface area contributed by atoms with E-state index in [1.165, 1.54) is 17.3 Å². The van der Waals surface area contributed by atoms with Gasteiger partial charge in [-0.25, -0.2) is 9.89 Å². The summed E-state index contributed by atoms with van der Waals surface area (Å²) in [5.41, 5.74) is 2.82. The summed E-state index contributed by atoms with van der Waals surface area (Å²) in [5.74, 6) is 0.610. The van der Waals surface area contributed by atoms with Gasteiger partial charge in [-0.3, -0.25) is 14.6 Å². The Labute approximate surface area is 193 Å². The molecule has 4 rings (SSSR count). The van der Waals surface area contributed by atoms with Crippen LogP contribution in [-0.4, -0.2) is 45.6 Å². The van der Waals surface area contributed by atoms with Crippen molar-refractivity contribution in [1.29, 1.82) is 0 Å². The second-order valence-electron chi connectivity index (χ2n) is 8.27. The molecule has 0 unspecified atom stereocenters. The second kappa shape index (κ2) is 9.69. The van der Waals surface area contributed by atoms with E-state index in [0.29, 0.717) is 24.0 Å². The van der Waals surface area contributed by atoms with Gasteiger partial charge >= 0.3 is 0 Å². The number of aliphatic imine (C=N–C) groups is 2. The Morgan fingerprint density at radius 2 is 1.84 bits per heavy atom. The SMILES string of the molecule is CC[C@@H](SC1=Nc2ccccc2C2=N[C@H](C(C)C)C(=O)N12)C(=O)NCCc1ccccc1. The van der Waals surface area contributed by atoms with E-state index >= 15 is 0 Å². The van der Waals surface area contributed by atoms with Crippen molar-refractivity contribution in [1.82, 2.24) is 10.2 Å². The predicted molar refractivity (Wildman–Crippen MR) is 130 cm³/mol. The molecule has 2 aliphatic heterocycles. The zero-order chi connectivity index (χ0) is 22.7. The Hall–Kier alpha value is -2.93. The van der Waals surface area contributed by atoms with Gasteiger partial charge in [0.2, 0.25) is 5.91 Å². The standard InChI is InChI=1S/C25H28N4O2S/c1-4-20(23(30)26-15-14-17-10-6-5-7-11-17)32-25-27-19-13-9-8-12-18(19)22-28-21(16(2)3)24(31)29(22)25/h5-13,16,20-21H,4,14-15H2,1-3H3,(H,26,30)/t20-,21-/m1/s1. The van der Waals surface area contributed by atoms with Crippen LogP contribution in [0.1, 0.15) is 38.3 Å². The van der Waals surface area contributed by atoms with Gasteiger partial charge in [-0.15, -0.1) is 0 Å². The number of para-hydroxylation sites is 1. The maximum absolute atomic E-state index is 13.2. The fourth-order valence-corrected chi connectivity index (χ4v) is 4.87. The minimum Gasteiger partial charge on any atom is -0.355 e. The monoisotopic (exact) mass is 448 g/mol. The molecule has 2 aliphatic rings. The van der Waals surface area contributed by atoms with Crippen LogP contribution in [0.5, 0.6) is 0 Å². The highest BCUT2D eigenvalue weighted by molar-refractivity contribution is 8.15. The van der Waals surface area contributed by atoms with Crippen LogP contribution in [-0.2, 0) is 16.0 Å². The molecule has 0 aromatic heterocycles. The lowest BCUT2D eigenvalue weighted by Crippen LogP contribution is -2.44. The summed E-state index contributed by atoms with van der Waals surface area (Å²) < 4.78 is 0. The Bertz CT molecular complexity index is 1060. The van der Waals surface area contributed by atoms with Crippen molar-refractivity contribution in [2.45, 2.75) is 44.9 Å². The number of fused-ring (bicyclic) bond motifs is 3. The average Bonchev–Trinajstić information content (AvgIpc) is 3.16. The summed E-state index contributed by atoms with van der Waals surface area (Å²) in [4.78, 5) is 37.2. The maximum Gasteiger partial charge on any atom is 0.259 e. The summed E-state index contributed by atoms with van der Waals surface area (Å²) in [7, 11) is 0. The number of carbonyl (C=O) groups excluding carboxylic acids is 2. The summed E-state index contributed by atoms with van der Waals surface area (Å²) in [6, 6.07) is 17.4. The summed E-state index contributed by atoms with van der Waals surface area (Å²) in [5, 5.41) is 3.22. The largest absolute Gasteiger partial charge is 0.355 e. The minimum atomic E-state index is -0.429. The molecule has 2 heterocycles. The Morgan fingerprint density at radius 3 is 2.56 bits per heavy atom. The van der Waals surface area contributed by atoms with Crippen molar-refractivity contribution >= 4 is 40.3 Å². The number of carbonyl (C=O) groups is 2. The predicted octanol–water partition coefficient (Wildman–Crippen LogP) is 4.17. The number of benzene rings is 2. The van der Waals surface area contributed by atoms with E-state index in [1.807, 2.05) is 63.2 Å². The van der Waals surface area contributed by atoms with Gasteiger partial charge in [0.15, 0.2) is 5.17 Å². The molecule has 0 bridgehead atoms. The van der Waals surface area contributed by atoms with Crippen LogP contribution in [0.4, 0.5) is 5.69 Å². The van der Waals surface area contributed by atoms with E-state index < -0.39 is 6.04 Å². The molecule has 32 heavy (non-hydrogen) atoms. The molecular formula is C25H28N4O2S. The third-order valence-corrected chi connectivity index (χ3v) is 6.91. The van der Waals surface area contributed by atoms with Gasteiger partial charge in [0.05, 0.1) is 10.9 Å². The van der Waals surface area contributed by atoms with E-state index in [1.54, 1.807) is 4.90 Å². The number of nitrogens with one attached hydrogen (secondary N) is 1. The first-order valence-electron chi connectivity index (χ1n) is 11.1. The van der Waals surface area contributed by atoms with E-state index in [0.717, 1.165) is 17.7 Å². The zero-order valence-corrected chi connectivity index (χ0v) is 19.4. The lowest BCUT2D eigenvalue weighted by atomic mass is 10.1. The first kappa shape index (κ1) is 22.3. The molecule has 1 N–H and O–H groups in total. The quantitative estimate of drug-likeness (QED) is 0.691. The number of thioether (sulfide) groups is 1. The fraction of sp³-hybridized carbons (Fsp3) is 0.360. The van der Waals surface area contributed by atoms with Crippen LogP contribution in [0.2, 0.25) is 0 Å². The molecule has 0 fully saturated rings. The van der Waals surface area contributed by atoms with Gasteiger partial charge in [-0.05, 0) is 36.5 Å². The molecule has 7 heteroatoms. The Balaban J connectivity index is 1.51. The normalized spacial score (nSPS) is 18.1. The van der Waals surface area contributed by atoms with Crippen LogP contribution >= 0.6 is 11.8 Å². The van der Waals surface area contributed by atoms with E-state index in [4.69, 9.17) is 9.98 Å². The van der Waals surface area contributed by atoms with E-state index in [9.17, 15) is 9.59 Å². The molecule has 166 valence electrons. The van der Waals surface area contributed by atoms with Crippen LogP contribution < -0.4 is 5.32 Å². The molecule has 0 saturated heterocycles. The molecule has 2 aromatic carbocycles. The van der Waals surface area contributed by atoms with Gasteiger partial charge in [0.25, 0.3) is 5.91 Å². The molecule has 2 atom stereocenters. The van der Waals surface area contributed by atoms with E-state index in [-0.39, 0.29) is 23.0 Å². The molecule has 0 saturated carbocycles. The smallest absolute Gasteiger partial charge is 0.259 e. The maximum atomic E-state index is 13.2. The third-order valence-electron chi connectivity index (χ3n) is 5.60. The van der Waals surface area contributed by atoms with Crippen molar-refractivity contribution in [2.24, 2.45) is 15.9 Å². The summed E-state index contributed by atoms with van der Waals surface area (Å²) in [6.45, 7) is 6.54.